The number of amides is 1. The van der Waals surface area contributed by atoms with Crippen molar-refractivity contribution in [3.8, 4) is 0 Å². The molecule has 0 bridgehead atoms. The smallest absolute Gasteiger partial charge is 0.269 e. The first-order chi connectivity index (χ1) is 12.4. The average Bonchev–Trinajstić information content (AvgIpc) is 3.19. The van der Waals surface area contributed by atoms with Crippen LogP contribution in [0.25, 0.3) is 0 Å². The lowest BCUT2D eigenvalue weighted by Crippen LogP contribution is -2.11. The number of benzene rings is 1. The van der Waals surface area contributed by atoms with E-state index in [1.54, 1.807) is 26.0 Å². The molecule has 1 aromatic carbocycles. The van der Waals surface area contributed by atoms with E-state index in [1.807, 2.05) is 6.07 Å². The third-order valence-corrected chi connectivity index (χ3v) is 5.44. The fourth-order valence-corrected chi connectivity index (χ4v) is 3.93. The maximum atomic E-state index is 12.2. The predicted molar refractivity (Wildman–Crippen MR) is 98.7 cm³/mol. The molecule has 2 heterocycles. The number of anilines is 1. The van der Waals surface area contributed by atoms with Gasteiger partial charge in [0.1, 0.15) is 11.5 Å². The zero-order valence-corrected chi connectivity index (χ0v) is 15.5. The van der Waals surface area contributed by atoms with Gasteiger partial charge in [-0.05, 0) is 25.5 Å². The van der Waals surface area contributed by atoms with Gasteiger partial charge in [-0.3, -0.25) is 20.2 Å². The molecule has 3 rings (SSSR count). The summed E-state index contributed by atoms with van der Waals surface area (Å²) in [5, 5.41) is 21.9. The van der Waals surface area contributed by atoms with E-state index in [0.717, 1.165) is 5.56 Å². The number of carbonyl (C=O) groups is 1. The van der Waals surface area contributed by atoms with Crippen LogP contribution in [0.2, 0.25) is 0 Å². The van der Waals surface area contributed by atoms with Gasteiger partial charge in [0.05, 0.1) is 10.5 Å². The minimum absolute atomic E-state index is 0.0547. The predicted octanol–water partition coefficient (Wildman–Crippen LogP) is 4.20. The number of aryl methyl sites for hydroxylation is 2. The van der Waals surface area contributed by atoms with Crippen LogP contribution < -0.4 is 5.32 Å². The number of hydrogen-bond acceptors (Lipinski definition) is 8. The molecule has 0 aliphatic carbocycles. The van der Waals surface area contributed by atoms with Crippen molar-refractivity contribution in [2.75, 3.05) is 5.32 Å². The van der Waals surface area contributed by atoms with Crippen LogP contribution in [0.5, 0.6) is 0 Å². The quantitative estimate of drug-likeness (QED) is 0.290. The highest BCUT2D eigenvalue weighted by molar-refractivity contribution is 8.00. The molecule has 1 N–H and O–H groups in total. The molecule has 10 heteroatoms. The third-order valence-electron chi connectivity index (χ3n) is 3.40. The van der Waals surface area contributed by atoms with E-state index >= 15 is 0 Å². The summed E-state index contributed by atoms with van der Waals surface area (Å²) in [7, 11) is 0. The summed E-state index contributed by atoms with van der Waals surface area (Å²) in [6, 6.07) is 8.11. The van der Waals surface area contributed by atoms with E-state index in [9.17, 15) is 14.9 Å². The Labute approximate surface area is 156 Å². The molecule has 8 nitrogen and oxygen atoms in total. The fraction of sp³-hybridized carbons (Fsp3) is 0.188. The van der Waals surface area contributed by atoms with Gasteiger partial charge in [-0.15, -0.1) is 10.2 Å². The maximum absolute atomic E-state index is 12.2. The molecule has 0 radical (unpaired) electrons. The molecule has 134 valence electrons. The van der Waals surface area contributed by atoms with Crippen LogP contribution in [0.15, 0.2) is 39.1 Å². The van der Waals surface area contributed by atoms with Crippen LogP contribution >= 0.6 is 23.1 Å². The summed E-state index contributed by atoms with van der Waals surface area (Å²) >= 11 is 2.64. The second kappa shape index (κ2) is 7.67. The van der Waals surface area contributed by atoms with E-state index in [2.05, 4.69) is 15.5 Å². The largest absolute Gasteiger partial charge is 0.466 e. The number of nitrogens with one attached hydrogen (secondary N) is 1. The lowest BCUT2D eigenvalue weighted by molar-refractivity contribution is -0.384. The topological polar surface area (TPSA) is 111 Å². The zero-order valence-electron chi connectivity index (χ0n) is 13.9. The van der Waals surface area contributed by atoms with Gasteiger partial charge in [0, 0.05) is 17.9 Å². The highest BCUT2D eigenvalue weighted by Gasteiger charge is 2.16. The van der Waals surface area contributed by atoms with Crippen molar-refractivity contribution in [1.29, 1.82) is 0 Å². The summed E-state index contributed by atoms with van der Waals surface area (Å²) in [6.07, 6.45) is 0. The lowest BCUT2D eigenvalue weighted by Gasteiger charge is -1.99. The Morgan fingerprint density at radius 2 is 2.15 bits per heavy atom. The second-order valence-electron chi connectivity index (χ2n) is 5.37. The number of furan rings is 1. The minimum Gasteiger partial charge on any atom is -0.466 e. The fourth-order valence-electron chi connectivity index (χ4n) is 2.24. The summed E-state index contributed by atoms with van der Waals surface area (Å²) in [5.41, 5.74) is 1.33. The van der Waals surface area contributed by atoms with Crippen LogP contribution in [0, 0.1) is 24.0 Å². The molecule has 26 heavy (non-hydrogen) atoms. The summed E-state index contributed by atoms with van der Waals surface area (Å²) in [5.74, 6) is 1.43. The first kappa shape index (κ1) is 18.1. The number of nitrogens with zero attached hydrogens (tertiary/aromatic N) is 3. The van der Waals surface area contributed by atoms with Crippen LogP contribution in [0.1, 0.15) is 27.4 Å². The number of thioether (sulfide) groups is 1. The van der Waals surface area contributed by atoms with Gasteiger partial charge >= 0.3 is 0 Å². The van der Waals surface area contributed by atoms with Crippen LogP contribution in [0.3, 0.4) is 0 Å². The molecular weight excluding hydrogens is 376 g/mol. The first-order valence-electron chi connectivity index (χ1n) is 7.50. The molecule has 0 fully saturated rings. The molecule has 3 aromatic rings. The minimum atomic E-state index is -0.424. The molecular formula is C16H14N4O4S2. The van der Waals surface area contributed by atoms with E-state index < -0.39 is 4.92 Å². The first-order valence-corrected chi connectivity index (χ1v) is 9.30. The average molecular weight is 390 g/mol. The number of carbonyl (C=O) groups excluding carboxylic acids is 1. The molecule has 0 spiro atoms. The Hall–Kier alpha value is -2.72. The molecule has 2 aromatic heterocycles. The van der Waals surface area contributed by atoms with Gasteiger partial charge in [-0.2, -0.15) is 0 Å². The summed E-state index contributed by atoms with van der Waals surface area (Å²) in [4.78, 5) is 22.6. The Balaban J connectivity index is 1.61. The van der Waals surface area contributed by atoms with E-state index in [1.165, 1.54) is 35.2 Å². The number of nitro benzene ring substituents is 1. The van der Waals surface area contributed by atoms with Crippen LogP contribution in [-0.2, 0) is 5.75 Å². The van der Waals surface area contributed by atoms with Gasteiger partial charge < -0.3 is 4.42 Å². The number of hydrogen-bond donors (Lipinski definition) is 1. The van der Waals surface area contributed by atoms with Crippen molar-refractivity contribution in [2.45, 2.75) is 23.9 Å². The van der Waals surface area contributed by atoms with E-state index in [4.69, 9.17) is 4.42 Å². The number of non-ortho nitro benzene ring substituents is 1. The van der Waals surface area contributed by atoms with Crippen LogP contribution in [0.4, 0.5) is 10.8 Å². The highest BCUT2D eigenvalue weighted by atomic mass is 32.2. The van der Waals surface area contributed by atoms with Gasteiger partial charge in [-0.1, -0.05) is 35.2 Å². The van der Waals surface area contributed by atoms with Crippen molar-refractivity contribution in [3.63, 3.8) is 0 Å². The Bertz CT molecular complexity index is 967. The van der Waals surface area contributed by atoms with E-state index in [0.29, 0.717) is 32.3 Å². The number of aromatic nitrogens is 2. The normalized spacial score (nSPS) is 10.7. The second-order valence-corrected chi connectivity index (χ2v) is 7.57. The summed E-state index contributed by atoms with van der Waals surface area (Å²) in [6.45, 7) is 3.50. The number of nitro groups is 1. The molecule has 0 aliphatic rings. The highest BCUT2D eigenvalue weighted by Crippen LogP contribution is 2.29. The molecule has 0 saturated heterocycles. The van der Waals surface area contributed by atoms with Crippen molar-refractivity contribution in [1.82, 2.24) is 10.2 Å². The van der Waals surface area contributed by atoms with Crippen molar-refractivity contribution < 1.29 is 14.1 Å². The van der Waals surface area contributed by atoms with Crippen LogP contribution in [-0.4, -0.2) is 21.0 Å². The molecule has 1 amide bonds. The lowest BCUT2D eigenvalue weighted by atomic mass is 10.2. The zero-order chi connectivity index (χ0) is 18.7. The monoisotopic (exact) mass is 390 g/mol. The van der Waals surface area contributed by atoms with Gasteiger partial charge in [0.2, 0.25) is 5.13 Å². The summed E-state index contributed by atoms with van der Waals surface area (Å²) < 4.78 is 6.01. The number of rotatable bonds is 6. The maximum Gasteiger partial charge on any atom is 0.269 e. The van der Waals surface area contributed by atoms with Crippen molar-refractivity contribution in [2.24, 2.45) is 0 Å². The molecule has 0 saturated carbocycles. The van der Waals surface area contributed by atoms with Crippen molar-refractivity contribution in [3.05, 3.63) is 63.1 Å². The standard InChI is InChI=1S/C16H14N4O4S2/c1-9-6-13(10(2)24-9)14(21)17-15-18-19-16(26-15)25-8-11-4-3-5-12(7-11)20(22)23/h3-7H,8H2,1-2H3,(H,17,18,21). The molecule has 0 aliphatic heterocycles. The van der Waals surface area contributed by atoms with Gasteiger partial charge in [0.15, 0.2) is 4.34 Å². The van der Waals surface area contributed by atoms with Gasteiger partial charge in [-0.25, -0.2) is 0 Å². The SMILES string of the molecule is Cc1cc(C(=O)Nc2nnc(SCc3cccc([N+](=O)[O-])c3)s2)c(C)o1. The van der Waals surface area contributed by atoms with Gasteiger partial charge in [0.25, 0.3) is 11.6 Å². The Kier molecular flexibility index (Phi) is 5.33. The van der Waals surface area contributed by atoms with E-state index in [-0.39, 0.29) is 11.6 Å². The molecule has 0 atom stereocenters. The van der Waals surface area contributed by atoms with Crippen molar-refractivity contribution >= 4 is 39.8 Å². The third kappa shape index (κ3) is 4.27. The Morgan fingerprint density at radius 1 is 1.35 bits per heavy atom. The molecule has 0 unspecified atom stereocenters. The Morgan fingerprint density at radius 3 is 2.85 bits per heavy atom.